The van der Waals surface area contributed by atoms with Crippen LogP contribution in [0.2, 0.25) is 0 Å². The van der Waals surface area contributed by atoms with Crippen LogP contribution in [0.1, 0.15) is 43.4 Å². The first-order valence-corrected chi connectivity index (χ1v) is 7.97. The van der Waals surface area contributed by atoms with Crippen LogP contribution in [0.5, 0.6) is 17.2 Å². The Bertz CT molecular complexity index is 619. The molecule has 2 aromatic carbocycles. The Hall–Kier alpha value is -2.16. The lowest BCUT2D eigenvalue weighted by Gasteiger charge is -2.26. The fourth-order valence-electron chi connectivity index (χ4n) is 2.72. The van der Waals surface area contributed by atoms with Gasteiger partial charge in [0.05, 0.1) is 6.61 Å². The van der Waals surface area contributed by atoms with Crippen LogP contribution < -0.4 is 9.47 Å². The van der Waals surface area contributed by atoms with Gasteiger partial charge in [0.15, 0.2) is 0 Å². The molecule has 3 heteroatoms. The Balaban J connectivity index is 1.66. The lowest BCUT2D eigenvalue weighted by molar-refractivity contribution is 0.176. The molecule has 3 rings (SSSR count). The minimum atomic E-state index is 0.0711. The van der Waals surface area contributed by atoms with E-state index in [2.05, 4.69) is 19.1 Å². The number of aryl methyl sites for hydroxylation is 1. The maximum absolute atomic E-state index is 9.52. The molecule has 1 aliphatic heterocycles. The quantitative estimate of drug-likeness (QED) is 0.817. The molecule has 0 saturated heterocycles. The lowest BCUT2D eigenvalue weighted by Crippen LogP contribution is -2.15. The van der Waals surface area contributed by atoms with Crippen LogP contribution in [0, 0.1) is 0 Å². The van der Waals surface area contributed by atoms with Gasteiger partial charge in [-0.2, -0.15) is 0 Å². The van der Waals surface area contributed by atoms with Crippen LogP contribution >= 0.6 is 0 Å². The van der Waals surface area contributed by atoms with Crippen LogP contribution in [0.4, 0.5) is 0 Å². The summed E-state index contributed by atoms with van der Waals surface area (Å²) in [5.74, 6) is 2.09. The van der Waals surface area contributed by atoms with Gasteiger partial charge in [-0.25, -0.2) is 0 Å². The monoisotopic (exact) mass is 298 g/mol. The van der Waals surface area contributed by atoms with Crippen molar-refractivity contribution in [2.45, 2.75) is 38.7 Å². The Labute approximate surface area is 131 Å². The molecule has 0 fully saturated rings. The number of ether oxygens (including phenoxy) is 2. The zero-order chi connectivity index (χ0) is 15.4. The van der Waals surface area contributed by atoms with Crippen LogP contribution in [-0.4, -0.2) is 11.7 Å². The van der Waals surface area contributed by atoms with Gasteiger partial charge in [-0.1, -0.05) is 25.5 Å². The molecular formula is C19H22O3. The number of fused-ring (bicyclic) bond motifs is 1. The summed E-state index contributed by atoms with van der Waals surface area (Å²) in [6.07, 6.45) is 4.14. The highest BCUT2D eigenvalue weighted by Crippen LogP contribution is 2.36. The molecule has 0 saturated carbocycles. The standard InChI is InChI=1S/C19H22O3/c1-2-3-12-21-17-8-4-14(5-9-17)18-10-6-15-13-16(20)7-11-19(15)22-18/h4-5,7-9,11,13,18,20H,2-3,6,10,12H2,1H3. The third-order valence-corrected chi connectivity index (χ3v) is 4.01. The van der Waals surface area contributed by atoms with Gasteiger partial charge < -0.3 is 14.6 Å². The molecule has 3 nitrogen and oxygen atoms in total. The highest BCUT2D eigenvalue weighted by molar-refractivity contribution is 5.42. The Kier molecular flexibility index (Phi) is 4.52. The van der Waals surface area contributed by atoms with Crippen molar-refractivity contribution in [2.75, 3.05) is 6.61 Å². The molecule has 0 spiro atoms. The van der Waals surface area contributed by atoms with Gasteiger partial charge in [0, 0.05) is 0 Å². The zero-order valence-electron chi connectivity index (χ0n) is 12.9. The number of hydrogen-bond donors (Lipinski definition) is 1. The molecule has 1 unspecified atom stereocenters. The second-order valence-electron chi connectivity index (χ2n) is 5.71. The third-order valence-electron chi connectivity index (χ3n) is 4.01. The number of hydrogen-bond acceptors (Lipinski definition) is 3. The molecule has 22 heavy (non-hydrogen) atoms. The van der Waals surface area contributed by atoms with Crippen molar-refractivity contribution >= 4 is 0 Å². The van der Waals surface area contributed by atoms with E-state index < -0.39 is 0 Å². The van der Waals surface area contributed by atoms with Crippen LogP contribution in [0.25, 0.3) is 0 Å². The summed E-state index contributed by atoms with van der Waals surface area (Å²) in [7, 11) is 0. The predicted molar refractivity (Wildman–Crippen MR) is 86.6 cm³/mol. The van der Waals surface area contributed by atoms with Gasteiger partial charge in [-0.3, -0.25) is 0 Å². The van der Waals surface area contributed by atoms with Crippen molar-refractivity contribution < 1.29 is 14.6 Å². The van der Waals surface area contributed by atoms with E-state index in [0.717, 1.165) is 49.4 Å². The van der Waals surface area contributed by atoms with E-state index in [9.17, 15) is 5.11 Å². The molecule has 1 N–H and O–H groups in total. The van der Waals surface area contributed by atoms with E-state index >= 15 is 0 Å². The molecule has 1 atom stereocenters. The second-order valence-corrected chi connectivity index (χ2v) is 5.71. The summed E-state index contributed by atoms with van der Waals surface area (Å²) < 4.78 is 11.7. The highest BCUT2D eigenvalue weighted by Gasteiger charge is 2.21. The SMILES string of the molecule is CCCCOc1ccc(C2CCc3cc(O)ccc3O2)cc1. The number of aromatic hydroxyl groups is 1. The van der Waals surface area contributed by atoms with E-state index in [4.69, 9.17) is 9.47 Å². The fraction of sp³-hybridized carbons (Fsp3) is 0.368. The second kappa shape index (κ2) is 6.73. The molecular weight excluding hydrogens is 276 g/mol. The van der Waals surface area contributed by atoms with Gasteiger partial charge in [-0.15, -0.1) is 0 Å². The smallest absolute Gasteiger partial charge is 0.124 e. The van der Waals surface area contributed by atoms with Crippen molar-refractivity contribution in [1.82, 2.24) is 0 Å². The van der Waals surface area contributed by atoms with E-state index in [1.54, 1.807) is 12.1 Å². The van der Waals surface area contributed by atoms with Gasteiger partial charge >= 0.3 is 0 Å². The number of phenols is 1. The summed E-state index contributed by atoms with van der Waals surface area (Å²) >= 11 is 0. The van der Waals surface area contributed by atoms with E-state index in [1.807, 2.05) is 18.2 Å². The van der Waals surface area contributed by atoms with Gasteiger partial charge in [0.25, 0.3) is 0 Å². The van der Waals surface area contributed by atoms with Gasteiger partial charge in [-0.05, 0) is 60.7 Å². The number of phenolic OH excluding ortho intramolecular Hbond substituents is 1. The molecule has 2 aromatic rings. The molecule has 1 heterocycles. The molecule has 0 radical (unpaired) electrons. The normalized spacial score (nSPS) is 16.7. The first-order valence-electron chi connectivity index (χ1n) is 7.97. The topological polar surface area (TPSA) is 38.7 Å². The van der Waals surface area contributed by atoms with E-state index in [0.29, 0.717) is 5.75 Å². The number of rotatable bonds is 5. The Morgan fingerprint density at radius 3 is 2.77 bits per heavy atom. The Morgan fingerprint density at radius 1 is 1.18 bits per heavy atom. The summed E-state index contributed by atoms with van der Waals surface area (Å²) in [5.41, 5.74) is 2.25. The average Bonchev–Trinajstić information content (AvgIpc) is 2.55. The summed E-state index contributed by atoms with van der Waals surface area (Å²) in [4.78, 5) is 0. The summed E-state index contributed by atoms with van der Waals surface area (Å²) in [6, 6.07) is 13.5. The third kappa shape index (κ3) is 3.35. The van der Waals surface area contributed by atoms with Crippen LogP contribution in [-0.2, 0) is 6.42 Å². The van der Waals surface area contributed by atoms with Crippen molar-refractivity contribution in [1.29, 1.82) is 0 Å². The summed E-state index contributed by atoms with van der Waals surface area (Å²) in [6.45, 7) is 2.93. The van der Waals surface area contributed by atoms with Gasteiger partial charge in [0.1, 0.15) is 23.4 Å². The minimum Gasteiger partial charge on any atom is -0.508 e. The molecule has 116 valence electrons. The predicted octanol–water partition coefficient (Wildman–Crippen LogP) is 4.64. The average molecular weight is 298 g/mol. The van der Waals surface area contributed by atoms with Crippen molar-refractivity contribution in [3.63, 3.8) is 0 Å². The lowest BCUT2D eigenvalue weighted by atomic mass is 9.97. The van der Waals surface area contributed by atoms with Crippen LogP contribution in [0.15, 0.2) is 42.5 Å². The van der Waals surface area contributed by atoms with Crippen molar-refractivity contribution in [3.05, 3.63) is 53.6 Å². The zero-order valence-corrected chi connectivity index (χ0v) is 12.9. The molecule has 0 bridgehead atoms. The highest BCUT2D eigenvalue weighted by atomic mass is 16.5. The van der Waals surface area contributed by atoms with Crippen molar-refractivity contribution in [2.24, 2.45) is 0 Å². The molecule has 0 aliphatic carbocycles. The molecule has 1 aliphatic rings. The van der Waals surface area contributed by atoms with Crippen LogP contribution in [0.3, 0.4) is 0 Å². The number of benzene rings is 2. The van der Waals surface area contributed by atoms with Gasteiger partial charge in [0.2, 0.25) is 0 Å². The first kappa shape index (κ1) is 14.8. The molecule has 0 amide bonds. The maximum Gasteiger partial charge on any atom is 0.124 e. The Morgan fingerprint density at radius 2 is 2.00 bits per heavy atom. The van der Waals surface area contributed by atoms with Crippen molar-refractivity contribution in [3.8, 4) is 17.2 Å². The fourth-order valence-corrected chi connectivity index (χ4v) is 2.72. The largest absolute Gasteiger partial charge is 0.508 e. The van der Waals surface area contributed by atoms with E-state index in [-0.39, 0.29) is 6.10 Å². The molecule has 0 aromatic heterocycles. The maximum atomic E-state index is 9.52. The first-order chi connectivity index (χ1) is 10.8. The summed E-state index contributed by atoms with van der Waals surface area (Å²) in [5, 5.41) is 9.52. The minimum absolute atomic E-state index is 0.0711. The van der Waals surface area contributed by atoms with E-state index in [1.165, 1.54) is 5.56 Å². The number of unbranched alkanes of at least 4 members (excludes halogenated alkanes) is 1.